The molecule has 0 saturated heterocycles. The van der Waals surface area contributed by atoms with Crippen molar-refractivity contribution >= 4 is 23.7 Å². The van der Waals surface area contributed by atoms with Gasteiger partial charge in [0.05, 0.1) is 18.8 Å². The Morgan fingerprint density at radius 1 is 0.909 bits per heavy atom. The molecule has 0 bridgehead atoms. The van der Waals surface area contributed by atoms with Crippen LogP contribution in [-0.2, 0) is 25.6 Å². The highest BCUT2D eigenvalue weighted by Crippen LogP contribution is 2.11. The Hall–Kier alpha value is -3.22. The number of rotatable bonds is 12. The van der Waals surface area contributed by atoms with E-state index in [-0.39, 0.29) is 12.2 Å². The van der Waals surface area contributed by atoms with Gasteiger partial charge in [0, 0.05) is 0 Å². The van der Waals surface area contributed by atoms with E-state index < -0.39 is 66.5 Å². The number of nitrogens with two attached hydrogens (primary N) is 1. The highest BCUT2D eigenvalue weighted by Gasteiger charge is 2.33. The van der Waals surface area contributed by atoms with Gasteiger partial charge in [-0.15, -0.1) is 0 Å². The van der Waals surface area contributed by atoms with Crippen molar-refractivity contribution in [2.75, 3.05) is 6.61 Å². The molecule has 9 N–H and O–H groups in total. The predicted octanol–water partition coefficient (Wildman–Crippen LogP) is -2.17. The Kier molecular flexibility index (Phi) is 10.7. The van der Waals surface area contributed by atoms with Gasteiger partial charge in [0.2, 0.25) is 17.7 Å². The number of hydrogen-bond acceptors (Lipinski definition) is 8. The van der Waals surface area contributed by atoms with Crippen LogP contribution in [-0.4, -0.2) is 81.0 Å². The Morgan fingerprint density at radius 2 is 1.45 bits per heavy atom. The number of amides is 3. The normalized spacial score (nSPS) is 15.6. The smallest absolute Gasteiger partial charge is 0.326 e. The summed E-state index contributed by atoms with van der Waals surface area (Å²) in [6, 6.07) is 0.681. The average molecular weight is 469 g/mol. The van der Waals surface area contributed by atoms with E-state index in [1.54, 1.807) is 26.0 Å². The maximum atomic E-state index is 12.5. The molecule has 3 amide bonds. The maximum absolute atomic E-state index is 12.5. The summed E-state index contributed by atoms with van der Waals surface area (Å²) in [5, 5.41) is 44.7. The number of aliphatic carboxylic acids is 1. The first kappa shape index (κ1) is 27.8. The Balaban J connectivity index is 2.80. The number of phenols is 1. The minimum absolute atomic E-state index is 0.0496. The van der Waals surface area contributed by atoms with Crippen molar-refractivity contribution in [2.45, 2.75) is 57.5 Å². The fourth-order valence-electron chi connectivity index (χ4n) is 2.87. The SMILES string of the molecule is CC(C)C(NC(=O)C(NC(=O)C(CO)NC(=O)C(N)Cc1ccc(O)cc1)C(C)O)C(=O)O. The number of nitrogens with one attached hydrogen (secondary N) is 3. The van der Waals surface area contributed by atoms with Crippen LogP contribution in [0.15, 0.2) is 24.3 Å². The molecule has 0 aliphatic carbocycles. The zero-order valence-corrected chi connectivity index (χ0v) is 18.7. The van der Waals surface area contributed by atoms with Crippen molar-refractivity contribution in [3.05, 3.63) is 29.8 Å². The van der Waals surface area contributed by atoms with Crippen LogP contribution in [0.2, 0.25) is 0 Å². The Labute approximate surface area is 191 Å². The van der Waals surface area contributed by atoms with E-state index in [1.807, 2.05) is 0 Å². The van der Waals surface area contributed by atoms with Crippen LogP contribution in [0.25, 0.3) is 0 Å². The van der Waals surface area contributed by atoms with Crippen LogP contribution in [0.5, 0.6) is 5.75 Å². The van der Waals surface area contributed by atoms with E-state index in [4.69, 9.17) is 5.73 Å². The van der Waals surface area contributed by atoms with Crippen molar-refractivity contribution in [3.63, 3.8) is 0 Å². The summed E-state index contributed by atoms with van der Waals surface area (Å²) in [6.45, 7) is 3.55. The van der Waals surface area contributed by atoms with Gasteiger partial charge in [-0.25, -0.2) is 4.79 Å². The minimum Gasteiger partial charge on any atom is -0.508 e. The molecule has 0 aromatic heterocycles. The van der Waals surface area contributed by atoms with Gasteiger partial charge in [-0.05, 0) is 37.0 Å². The summed E-state index contributed by atoms with van der Waals surface area (Å²) in [4.78, 5) is 48.7. The third kappa shape index (κ3) is 8.67. The van der Waals surface area contributed by atoms with Crippen LogP contribution >= 0.6 is 0 Å². The molecular formula is C21H32N4O8. The predicted molar refractivity (Wildman–Crippen MR) is 117 cm³/mol. The number of carboxylic acid groups (broad SMARTS) is 1. The number of hydrogen-bond donors (Lipinski definition) is 8. The molecule has 1 aromatic rings. The summed E-state index contributed by atoms with van der Waals surface area (Å²) in [5.74, 6) is -4.35. The third-order valence-corrected chi connectivity index (χ3v) is 4.84. The van der Waals surface area contributed by atoms with Crippen LogP contribution in [0.4, 0.5) is 0 Å². The number of phenolic OH excluding ortho intramolecular Hbond substituents is 1. The highest BCUT2D eigenvalue weighted by molar-refractivity contribution is 5.94. The van der Waals surface area contributed by atoms with Crippen molar-refractivity contribution in [1.29, 1.82) is 0 Å². The Bertz CT molecular complexity index is 828. The monoisotopic (exact) mass is 468 g/mol. The highest BCUT2D eigenvalue weighted by atomic mass is 16.4. The van der Waals surface area contributed by atoms with E-state index in [1.165, 1.54) is 19.1 Å². The third-order valence-electron chi connectivity index (χ3n) is 4.84. The van der Waals surface area contributed by atoms with E-state index >= 15 is 0 Å². The number of carboxylic acids is 1. The second-order valence-electron chi connectivity index (χ2n) is 8.02. The number of benzene rings is 1. The van der Waals surface area contributed by atoms with E-state index in [9.17, 15) is 39.6 Å². The van der Waals surface area contributed by atoms with Gasteiger partial charge in [0.1, 0.15) is 23.9 Å². The summed E-state index contributed by atoms with van der Waals surface area (Å²) < 4.78 is 0. The molecule has 0 aliphatic heterocycles. The lowest BCUT2D eigenvalue weighted by atomic mass is 10.0. The molecule has 0 saturated carbocycles. The molecule has 184 valence electrons. The summed E-state index contributed by atoms with van der Waals surface area (Å²) in [7, 11) is 0. The average Bonchev–Trinajstić information content (AvgIpc) is 2.74. The molecule has 0 heterocycles. The molecule has 1 rings (SSSR count). The molecule has 1 aromatic carbocycles. The van der Waals surface area contributed by atoms with Crippen molar-refractivity contribution in [1.82, 2.24) is 16.0 Å². The van der Waals surface area contributed by atoms with E-state index in [2.05, 4.69) is 16.0 Å². The first-order valence-corrected chi connectivity index (χ1v) is 10.3. The van der Waals surface area contributed by atoms with Gasteiger partial charge in [-0.2, -0.15) is 0 Å². The lowest BCUT2D eigenvalue weighted by molar-refractivity contribution is -0.144. The van der Waals surface area contributed by atoms with Gasteiger partial charge in [0.15, 0.2) is 0 Å². The fraction of sp³-hybridized carbons (Fsp3) is 0.524. The molecule has 12 heteroatoms. The zero-order chi connectivity index (χ0) is 25.3. The van der Waals surface area contributed by atoms with Gasteiger partial charge < -0.3 is 42.1 Å². The van der Waals surface area contributed by atoms with Crippen LogP contribution in [0, 0.1) is 5.92 Å². The van der Waals surface area contributed by atoms with Crippen LogP contribution in [0.1, 0.15) is 26.3 Å². The first-order valence-electron chi connectivity index (χ1n) is 10.3. The topological polar surface area (TPSA) is 211 Å². The van der Waals surface area contributed by atoms with Crippen molar-refractivity contribution < 1.29 is 39.6 Å². The van der Waals surface area contributed by atoms with Crippen molar-refractivity contribution in [3.8, 4) is 5.75 Å². The minimum atomic E-state index is -1.53. The number of aromatic hydroxyl groups is 1. The first-order chi connectivity index (χ1) is 15.4. The zero-order valence-electron chi connectivity index (χ0n) is 18.7. The van der Waals surface area contributed by atoms with Gasteiger partial charge >= 0.3 is 5.97 Å². The summed E-state index contributed by atoms with van der Waals surface area (Å²) in [6.07, 6.45) is -1.31. The quantitative estimate of drug-likeness (QED) is 0.167. The number of aliphatic hydroxyl groups excluding tert-OH is 2. The van der Waals surface area contributed by atoms with Crippen LogP contribution in [0.3, 0.4) is 0 Å². The van der Waals surface area contributed by atoms with Crippen molar-refractivity contribution in [2.24, 2.45) is 11.7 Å². The molecule has 5 unspecified atom stereocenters. The fourth-order valence-corrected chi connectivity index (χ4v) is 2.87. The molecule has 12 nitrogen and oxygen atoms in total. The second-order valence-corrected chi connectivity index (χ2v) is 8.02. The van der Waals surface area contributed by atoms with E-state index in [0.717, 1.165) is 0 Å². The molecule has 0 radical (unpaired) electrons. The number of carbonyl (C=O) groups is 4. The van der Waals surface area contributed by atoms with Gasteiger partial charge in [-0.3, -0.25) is 14.4 Å². The lowest BCUT2D eigenvalue weighted by Crippen LogP contribution is -2.61. The van der Waals surface area contributed by atoms with Crippen LogP contribution < -0.4 is 21.7 Å². The molecule has 5 atom stereocenters. The number of carbonyl (C=O) groups excluding carboxylic acids is 3. The molecule has 0 fully saturated rings. The summed E-state index contributed by atoms with van der Waals surface area (Å²) in [5.41, 5.74) is 6.51. The largest absolute Gasteiger partial charge is 0.508 e. The standard InChI is InChI=1S/C21H32N4O8/c1-10(2)16(21(32)33)24-20(31)17(11(3)27)25-19(30)15(9-26)23-18(29)14(22)8-12-4-6-13(28)7-5-12/h4-7,10-11,14-17,26-28H,8-9,22H2,1-3H3,(H,23,29)(H,24,31)(H,25,30)(H,32,33). The summed E-state index contributed by atoms with van der Waals surface area (Å²) >= 11 is 0. The Morgan fingerprint density at radius 3 is 1.91 bits per heavy atom. The second kappa shape index (κ2) is 12.7. The van der Waals surface area contributed by atoms with Gasteiger partial charge in [0.25, 0.3) is 0 Å². The number of aliphatic hydroxyl groups is 2. The molecule has 33 heavy (non-hydrogen) atoms. The molecular weight excluding hydrogens is 436 g/mol. The van der Waals surface area contributed by atoms with Gasteiger partial charge in [-0.1, -0.05) is 26.0 Å². The molecule has 0 spiro atoms. The molecule has 0 aliphatic rings. The lowest BCUT2D eigenvalue weighted by Gasteiger charge is -2.26. The van der Waals surface area contributed by atoms with E-state index in [0.29, 0.717) is 5.56 Å². The maximum Gasteiger partial charge on any atom is 0.326 e.